The summed E-state index contributed by atoms with van der Waals surface area (Å²) < 4.78 is 28.1. The number of pyridine rings is 1. The minimum atomic E-state index is -3.66. The largest absolute Gasteiger partial charge is 0.326 e. The molecule has 0 saturated carbocycles. The SMILES string of the molecule is Cc1cnc2c(S(=O)(=O)N3C[C@@H](N)[C@H](c4ccccc4)C3)cccc2c1. The molecular weight excluding hydrogens is 346 g/mol. The Morgan fingerprint density at radius 3 is 2.62 bits per heavy atom. The molecule has 2 N–H and O–H groups in total. The number of hydrogen-bond donors (Lipinski definition) is 1. The Bertz CT molecular complexity index is 1050. The van der Waals surface area contributed by atoms with Gasteiger partial charge in [-0.05, 0) is 30.2 Å². The molecule has 1 aromatic heterocycles. The van der Waals surface area contributed by atoms with Crippen LogP contribution in [0.25, 0.3) is 10.9 Å². The summed E-state index contributed by atoms with van der Waals surface area (Å²) in [4.78, 5) is 4.62. The van der Waals surface area contributed by atoms with Gasteiger partial charge in [-0.2, -0.15) is 4.31 Å². The van der Waals surface area contributed by atoms with E-state index in [1.165, 1.54) is 4.31 Å². The maximum absolute atomic E-state index is 13.3. The third kappa shape index (κ3) is 2.90. The molecule has 0 bridgehead atoms. The molecule has 0 spiro atoms. The smallest absolute Gasteiger partial charge is 0.245 e. The van der Waals surface area contributed by atoms with Gasteiger partial charge in [0, 0.05) is 36.6 Å². The Hall–Kier alpha value is -2.28. The molecule has 0 unspecified atom stereocenters. The first-order valence-electron chi connectivity index (χ1n) is 8.63. The molecule has 1 aliphatic heterocycles. The minimum Gasteiger partial charge on any atom is -0.326 e. The quantitative estimate of drug-likeness (QED) is 0.772. The van der Waals surface area contributed by atoms with Gasteiger partial charge in [-0.3, -0.25) is 4.98 Å². The summed E-state index contributed by atoms with van der Waals surface area (Å²) in [6.45, 7) is 2.64. The fraction of sp³-hybridized carbons (Fsp3) is 0.250. The van der Waals surface area contributed by atoms with E-state index in [1.54, 1.807) is 18.3 Å². The van der Waals surface area contributed by atoms with E-state index in [9.17, 15) is 8.42 Å². The van der Waals surface area contributed by atoms with Crippen molar-refractivity contribution in [3.8, 4) is 0 Å². The average Bonchev–Trinajstić information content (AvgIpc) is 3.04. The fourth-order valence-corrected chi connectivity index (χ4v) is 5.30. The van der Waals surface area contributed by atoms with Crippen LogP contribution in [-0.4, -0.2) is 36.8 Å². The number of aromatic nitrogens is 1. The standard InChI is InChI=1S/C20H21N3O2S/c1-14-10-16-8-5-9-19(20(16)22-11-14)26(24,25)23-12-17(18(21)13-23)15-6-3-2-4-7-15/h2-11,17-18H,12-13,21H2,1H3/t17-,18+/m0/s1. The van der Waals surface area contributed by atoms with Crippen molar-refractivity contribution < 1.29 is 8.42 Å². The summed E-state index contributed by atoms with van der Waals surface area (Å²) in [7, 11) is -3.66. The second kappa shape index (κ2) is 6.46. The van der Waals surface area contributed by atoms with Gasteiger partial charge in [0.05, 0.1) is 5.52 Å². The molecule has 1 fully saturated rings. The fourth-order valence-electron chi connectivity index (χ4n) is 3.63. The molecule has 26 heavy (non-hydrogen) atoms. The summed E-state index contributed by atoms with van der Waals surface area (Å²) in [6, 6.07) is 16.9. The van der Waals surface area contributed by atoms with Crippen LogP contribution in [0.4, 0.5) is 0 Å². The predicted octanol–water partition coefficient (Wildman–Crippen LogP) is 2.66. The predicted molar refractivity (Wildman–Crippen MR) is 102 cm³/mol. The number of fused-ring (bicyclic) bond motifs is 1. The van der Waals surface area contributed by atoms with E-state index in [-0.39, 0.29) is 16.9 Å². The third-order valence-corrected chi connectivity index (χ3v) is 6.85. The molecule has 6 heteroatoms. The molecule has 2 atom stereocenters. The van der Waals surface area contributed by atoms with E-state index < -0.39 is 10.0 Å². The van der Waals surface area contributed by atoms with Crippen LogP contribution in [0.15, 0.2) is 65.7 Å². The van der Waals surface area contributed by atoms with Gasteiger partial charge in [-0.15, -0.1) is 0 Å². The van der Waals surface area contributed by atoms with Crippen molar-refractivity contribution in [1.82, 2.24) is 9.29 Å². The summed E-state index contributed by atoms with van der Waals surface area (Å²) >= 11 is 0. The summed E-state index contributed by atoms with van der Waals surface area (Å²) in [5.41, 5.74) is 8.87. The lowest BCUT2D eigenvalue weighted by atomic mass is 9.95. The van der Waals surface area contributed by atoms with Crippen molar-refractivity contribution in [2.24, 2.45) is 5.73 Å². The lowest BCUT2D eigenvalue weighted by Crippen LogP contribution is -2.32. The zero-order chi connectivity index (χ0) is 18.3. The maximum Gasteiger partial charge on any atom is 0.245 e. The average molecular weight is 367 g/mol. The van der Waals surface area contributed by atoms with Gasteiger partial charge in [0.25, 0.3) is 0 Å². The number of rotatable bonds is 3. The van der Waals surface area contributed by atoms with E-state index in [0.717, 1.165) is 16.5 Å². The molecule has 0 aliphatic carbocycles. The van der Waals surface area contributed by atoms with Crippen molar-refractivity contribution in [3.63, 3.8) is 0 Å². The van der Waals surface area contributed by atoms with Crippen molar-refractivity contribution >= 4 is 20.9 Å². The lowest BCUT2D eigenvalue weighted by Gasteiger charge is -2.17. The normalized spacial score (nSPS) is 21.3. The second-order valence-corrected chi connectivity index (χ2v) is 8.75. The van der Waals surface area contributed by atoms with Crippen molar-refractivity contribution in [1.29, 1.82) is 0 Å². The van der Waals surface area contributed by atoms with Crippen LogP contribution in [0, 0.1) is 6.92 Å². The zero-order valence-electron chi connectivity index (χ0n) is 14.5. The van der Waals surface area contributed by atoms with E-state index in [2.05, 4.69) is 4.98 Å². The van der Waals surface area contributed by atoms with Crippen LogP contribution in [0.5, 0.6) is 0 Å². The van der Waals surface area contributed by atoms with Gasteiger partial charge >= 0.3 is 0 Å². The number of para-hydroxylation sites is 1. The minimum absolute atomic E-state index is 0.00356. The van der Waals surface area contributed by atoms with Crippen LogP contribution in [0.3, 0.4) is 0 Å². The van der Waals surface area contributed by atoms with E-state index in [0.29, 0.717) is 18.6 Å². The molecule has 0 amide bonds. The Morgan fingerprint density at radius 1 is 1.08 bits per heavy atom. The van der Waals surface area contributed by atoms with Crippen LogP contribution in [-0.2, 0) is 10.0 Å². The third-order valence-electron chi connectivity index (χ3n) is 4.99. The molecule has 0 radical (unpaired) electrons. The highest BCUT2D eigenvalue weighted by atomic mass is 32.2. The van der Waals surface area contributed by atoms with Gasteiger partial charge in [-0.25, -0.2) is 8.42 Å². The Labute approximate surface area is 153 Å². The van der Waals surface area contributed by atoms with Gasteiger partial charge in [0.1, 0.15) is 4.90 Å². The number of aryl methyl sites for hydroxylation is 1. The lowest BCUT2D eigenvalue weighted by molar-refractivity contribution is 0.471. The number of benzene rings is 2. The van der Waals surface area contributed by atoms with Gasteiger partial charge in [0.15, 0.2) is 0 Å². The van der Waals surface area contributed by atoms with Gasteiger partial charge in [-0.1, -0.05) is 42.5 Å². The monoisotopic (exact) mass is 367 g/mol. The second-order valence-electron chi connectivity index (χ2n) is 6.84. The summed E-state index contributed by atoms with van der Waals surface area (Å²) in [5.74, 6) is -0.00356. The molecular formula is C20H21N3O2S. The van der Waals surface area contributed by atoms with Crippen LogP contribution in [0.1, 0.15) is 17.0 Å². The first-order chi connectivity index (χ1) is 12.5. The topological polar surface area (TPSA) is 76.3 Å². The molecule has 1 saturated heterocycles. The van der Waals surface area contributed by atoms with Crippen LogP contribution >= 0.6 is 0 Å². The molecule has 2 heterocycles. The maximum atomic E-state index is 13.3. The van der Waals surface area contributed by atoms with Gasteiger partial charge < -0.3 is 5.73 Å². The molecule has 134 valence electrons. The zero-order valence-corrected chi connectivity index (χ0v) is 15.4. The highest BCUT2D eigenvalue weighted by Gasteiger charge is 2.39. The van der Waals surface area contributed by atoms with Crippen molar-refractivity contribution in [2.45, 2.75) is 23.8 Å². The molecule has 3 aromatic rings. The van der Waals surface area contributed by atoms with E-state index in [4.69, 9.17) is 5.73 Å². The van der Waals surface area contributed by atoms with Crippen molar-refractivity contribution in [3.05, 3.63) is 71.9 Å². The van der Waals surface area contributed by atoms with Gasteiger partial charge in [0.2, 0.25) is 10.0 Å². The molecule has 5 nitrogen and oxygen atoms in total. The molecule has 1 aliphatic rings. The number of hydrogen-bond acceptors (Lipinski definition) is 4. The Kier molecular flexibility index (Phi) is 4.26. The molecule has 2 aromatic carbocycles. The van der Waals surface area contributed by atoms with Crippen molar-refractivity contribution in [2.75, 3.05) is 13.1 Å². The first-order valence-corrected chi connectivity index (χ1v) is 10.1. The highest BCUT2D eigenvalue weighted by molar-refractivity contribution is 7.89. The van der Waals surface area contributed by atoms with E-state index in [1.807, 2.05) is 49.4 Å². The highest BCUT2D eigenvalue weighted by Crippen LogP contribution is 2.32. The van der Waals surface area contributed by atoms with Crippen LogP contribution < -0.4 is 5.73 Å². The van der Waals surface area contributed by atoms with Crippen LogP contribution in [0.2, 0.25) is 0 Å². The number of nitrogens with zero attached hydrogens (tertiary/aromatic N) is 2. The summed E-state index contributed by atoms with van der Waals surface area (Å²) in [5, 5.41) is 0.828. The van der Waals surface area contributed by atoms with E-state index >= 15 is 0 Å². The Balaban J connectivity index is 1.72. The first kappa shape index (κ1) is 17.1. The number of sulfonamides is 1. The number of nitrogens with two attached hydrogens (primary N) is 1. The molecule has 4 rings (SSSR count). The summed E-state index contributed by atoms with van der Waals surface area (Å²) in [6.07, 6.45) is 1.70. The Morgan fingerprint density at radius 2 is 1.85 bits per heavy atom.